The fraction of sp³-hybridized carbons (Fsp3) is 0.423. The summed E-state index contributed by atoms with van der Waals surface area (Å²) in [6.45, 7) is 2.88. The van der Waals surface area contributed by atoms with Crippen molar-refractivity contribution in [1.29, 1.82) is 5.26 Å². The highest BCUT2D eigenvalue weighted by Crippen LogP contribution is 2.44. The first-order valence-corrected chi connectivity index (χ1v) is 11.8. The molecule has 3 heterocycles. The zero-order valence-corrected chi connectivity index (χ0v) is 19.5. The lowest BCUT2D eigenvalue weighted by Gasteiger charge is -2.44. The van der Waals surface area contributed by atoms with E-state index in [0.29, 0.717) is 42.9 Å². The first-order valence-electron chi connectivity index (χ1n) is 11.8. The number of carbonyl (C=O) groups excluding carboxylic acids is 2. The van der Waals surface area contributed by atoms with Gasteiger partial charge in [0.15, 0.2) is 5.60 Å². The lowest BCUT2D eigenvalue weighted by atomic mass is 9.84. The Labute approximate surface area is 203 Å². The molecule has 35 heavy (non-hydrogen) atoms. The number of nitriles is 1. The Morgan fingerprint density at radius 2 is 2.09 bits per heavy atom. The molecular weight excluding hydrogens is 451 g/mol. The van der Waals surface area contributed by atoms with Gasteiger partial charge in [-0.05, 0) is 54.9 Å². The van der Waals surface area contributed by atoms with Crippen LogP contribution >= 0.6 is 0 Å². The van der Waals surface area contributed by atoms with Crippen molar-refractivity contribution in [2.45, 2.75) is 30.6 Å². The summed E-state index contributed by atoms with van der Waals surface area (Å²) >= 11 is 0. The molecule has 1 spiro atoms. The van der Waals surface area contributed by atoms with Gasteiger partial charge in [-0.3, -0.25) is 9.69 Å². The average Bonchev–Trinajstić information content (AvgIpc) is 2.99. The molecule has 2 aromatic rings. The lowest BCUT2D eigenvalue weighted by Crippen LogP contribution is -2.57. The minimum absolute atomic E-state index is 0.0382. The first-order chi connectivity index (χ1) is 16.9. The number of likely N-dealkylation sites (N-methyl/N-ethyl adjacent to an activating group) is 1. The molecule has 0 bridgehead atoms. The second kappa shape index (κ2) is 9.38. The maximum atomic E-state index is 15.1. The number of rotatable bonds is 5. The van der Waals surface area contributed by atoms with Crippen molar-refractivity contribution in [1.82, 2.24) is 15.5 Å². The van der Waals surface area contributed by atoms with Crippen LogP contribution in [0.2, 0.25) is 0 Å². The molecule has 0 unspecified atom stereocenters. The zero-order chi connectivity index (χ0) is 24.6. The number of likely N-dealkylation sites (tertiary alicyclic amines) is 1. The molecule has 8 nitrogen and oxygen atoms in total. The molecule has 3 aliphatic rings. The summed E-state index contributed by atoms with van der Waals surface area (Å²) < 4.78 is 26.2. The first kappa shape index (κ1) is 23.4. The van der Waals surface area contributed by atoms with Gasteiger partial charge in [-0.1, -0.05) is 18.2 Å². The number of benzene rings is 2. The monoisotopic (exact) mass is 478 g/mol. The van der Waals surface area contributed by atoms with E-state index in [4.69, 9.17) is 9.47 Å². The Morgan fingerprint density at radius 1 is 1.31 bits per heavy atom. The molecule has 2 fully saturated rings. The van der Waals surface area contributed by atoms with E-state index in [9.17, 15) is 14.9 Å². The summed E-state index contributed by atoms with van der Waals surface area (Å²) in [7, 11) is 1.96. The van der Waals surface area contributed by atoms with Gasteiger partial charge in [-0.25, -0.2) is 9.18 Å². The van der Waals surface area contributed by atoms with E-state index in [1.54, 1.807) is 24.3 Å². The second-order valence-electron chi connectivity index (χ2n) is 9.43. The molecule has 0 aliphatic carbocycles. The van der Waals surface area contributed by atoms with Crippen LogP contribution in [-0.4, -0.2) is 68.8 Å². The number of esters is 1. The third-order valence-electron chi connectivity index (χ3n) is 6.79. The maximum absolute atomic E-state index is 15.1. The van der Waals surface area contributed by atoms with Crippen LogP contribution in [0, 0.1) is 17.1 Å². The third-order valence-corrected chi connectivity index (χ3v) is 6.79. The van der Waals surface area contributed by atoms with E-state index in [0.717, 1.165) is 24.1 Å². The number of amides is 1. The van der Waals surface area contributed by atoms with Crippen LogP contribution in [0.25, 0.3) is 11.1 Å². The van der Waals surface area contributed by atoms with Gasteiger partial charge in [0, 0.05) is 38.2 Å². The number of halogens is 1. The van der Waals surface area contributed by atoms with Gasteiger partial charge >= 0.3 is 5.97 Å². The number of nitrogens with zero attached hydrogens (tertiary/aromatic N) is 2. The van der Waals surface area contributed by atoms with Crippen LogP contribution in [0.3, 0.4) is 0 Å². The summed E-state index contributed by atoms with van der Waals surface area (Å²) in [6.07, 6.45) is 0.181. The Bertz CT molecular complexity index is 1200. The lowest BCUT2D eigenvalue weighted by molar-refractivity contribution is -0.132. The number of hydrogen-bond donors (Lipinski definition) is 2. The Balaban J connectivity index is 1.31. The minimum atomic E-state index is -0.881. The second-order valence-corrected chi connectivity index (χ2v) is 9.43. The molecule has 2 aromatic carbocycles. The van der Waals surface area contributed by atoms with Crippen LogP contribution in [-0.2, 0) is 26.3 Å². The standard InChI is InChI=1S/C26H27FN4O4/c1-31-14-26(15-31)21-10-16(5-6-20(21)25(33)35-26)17-3-4-18(22(27)11-17)9-19(12-28)30-24(32)23-13-29-7-2-8-34-23/h3-6,10-11,19,23,29H,2,7-9,13-15H2,1H3,(H,30,32)/t19-,23-/m0/s1. The number of carbonyl (C=O) groups is 2. The molecule has 2 N–H and O–H groups in total. The van der Waals surface area contributed by atoms with Crippen molar-refractivity contribution in [2.24, 2.45) is 0 Å². The van der Waals surface area contributed by atoms with Gasteiger partial charge in [0.25, 0.3) is 5.91 Å². The van der Waals surface area contributed by atoms with E-state index in [2.05, 4.69) is 15.5 Å². The molecule has 5 rings (SSSR count). The highest BCUT2D eigenvalue weighted by molar-refractivity contribution is 5.96. The number of nitrogens with one attached hydrogen (secondary N) is 2. The molecule has 2 atom stereocenters. The van der Waals surface area contributed by atoms with Crippen LogP contribution in [0.1, 0.15) is 27.9 Å². The summed E-state index contributed by atoms with van der Waals surface area (Å²) in [4.78, 5) is 26.9. The van der Waals surface area contributed by atoms with Crippen molar-refractivity contribution in [3.05, 3.63) is 58.9 Å². The summed E-state index contributed by atoms with van der Waals surface area (Å²) in [6, 6.07) is 11.4. The Hall–Kier alpha value is -3.32. The zero-order valence-electron chi connectivity index (χ0n) is 19.5. The fourth-order valence-corrected chi connectivity index (χ4v) is 5.02. The molecule has 2 saturated heterocycles. The maximum Gasteiger partial charge on any atom is 0.339 e. The predicted molar refractivity (Wildman–Crippen MR) is 125 cm³/mol. The van der Waals surface area contributed by atoms with Crippen molar-refractivity contribution < 1.29 is 23.5 Å². The SMILES string of the molecule is CN1CC2(C1)OC(=O)c1ccc(-c3ccc(C[C@@H](C#N)NC(=O)[C@@H]4CNCCCO4)c(F)c3)cc12. The molecule has 0 radical (unpaired) electrons. The van der Waals surface area contributed by atoms with E-state index >= 15 is 4.39 Å². The van der Waals surface area contributed by atoms with Gasteiger partial charge in [0.2, 0.25) is 0 Å². The summed E-state index contributed by atoms with van der Waals surface area (Å²) in [5.74, 6) is -1.17. The van der Waals surface area contributed by atoms with Crippen LogP contribution in [0.4, 0.5) is 4.39 Å². The van der Waals surface area contributed by atoms with E-state index in [1.165, 1.54) is 6.07 Å². The molecule has 0 aromatic heterocycles. The number of hydrogen-bond acceptors (Lipinski definition) is 7. The Kier molecular flexibility index (Phi) is 6.28. The third kappa shape index (κ3) is 4.52. The largest absolute Gasteiger partial charge is 0.448 e. The van der Waals surface area contributed by atoms with E-state index in [1.807, 2.05) is 19.2 Å². The quantitative estimate of drug-likeness (QED) is 0.631. The van der Waals surface area contributed by atoms with Crippen molar-refractivity contribution in [2.75, 3.05) is 39.8 Å². The van der Waals surface area contributed by atoms with Crippen LogP contribution in [0.5, 0.6) is 0 Å². The molecule has 182 valence electrons. The van der Waals surface area contributed by atoms with Gasteiger partial charge < -0.3 is 20.1 Å². The van der Waals surface area contributed by atoms with Crippen molar-refractivity contribution >= 4 is 11.9 Å². The van der Waals surface area contributed by atoms with Gasteiger partial charge in [0.1, 0.15) is 18.0 Å². The number of ether oxygens (including phenoxy) is 2. The van der Waals surface area contributed by atoms with E-state index in [-0.39, 0.29) is 18.3 Å². The average molecular weight is 479 g/mol. The molecule has 9 heteroatoms. The van der Waals surface area contributed by atoms with Crippen molar-refractivity contribution in [3.8, 4) is 17.2 Å². The van der Waals surface area contributed by atoms with Gasteiger partial charge in [-0.15, -0.1) is 0 Å². The molecule has 1 amide bonds. The molecule has 3 aliphatic heterocycles. The molecular formula is C26H27FN4O4. The topological polar surface area (TPSA) is 104 Å². The minimum Gasteiger partial charge on any atom is -0.448 e. The van der Waals surface area contributed by atoms with Crippen LogP contribution < -0.4 is 10.6 Å². The Morgan fingerprint density at radius 3 is 2.83 bits per heavy atom. The van der Waals surface area contributed by atoms with E-state index < -0.39 is 23.6 Å². The van der Waals surface area contributed by atoms with Gasteiger partial charge in [-0.2, -0.15) is 5.26 Å². The van der Waals surface area contributed by atoms with Gasteiger partial charge in [0.05, 0.1) is 11.6 Å². The smallest absolute Gasteiger partial charge is 0.339 e. The summed E-state index contributed by atoms with van der Waals surface area (Å²) in [5.41, 5.74) is 2.54. The highest BCUT2D eigenvalue weighted by Gasteiger charge is 2.52. The predicted octanol–water partition coefficient (Wildman–Crippen LogP) is 1.73. The normalized spacial score (nSPS) is 21.9. The van der Waals surface area contributed by atoms with Crippen molar-refractivity contribution in [3.63, 3.8) is 0 Å². The molecule has 0 saturated carbocycles. The highest BCUT2D eigenvalue weighted by atomic mass is 19.1. The fourth-order valence-electron chi connectivity index (χ4n) is 5.02. The van der Waals surface area contributed by atoms with Crippen LogP contribution in [0.15, 0.2) is 36.4 Å². The number of fused-ring (bicyclic) bond motifs is 2. The summed E-state index contributed by atoms with van der Waals surface area (Å²) in [5, 5.41) is 15.3.